The zero-order valence-corrected chi connectivity index (χ0v) is 11.5. The molecule has 0 saturated carbocycles. The summed E-state index contributed by atoms with van der Waals surface area (Å²) in [6.45, 7) is 0. The van der Waals surface area contributed by atoms with E-state index in [1.807, 2.05) is 30.3 Å². The fourth-order valence-corrected chi connectivity index (χ4v) is 2.44. The predicted molar refractivity (Wildman–Crippen MR) is 78.1 cm³/mol. The van der Waals surface area contributed by atoms with Gasteiger partial charge in [0.1, 0.15) is 0 Å². The van der Waals surface area contributed by atoms with Gasteiger partial charge in [-0.15, -0.1) is 0 Å². The quantitative estimate of drug-likeness (QED) is 0.945. The lowest BCUT2D eigenvalue weighted by molar-refractivity contribution is 0.606. The Labute approximate surface area is 117 Å². The van der Waals surface area contributed by atoms with Gasteiger partial charge in [0, 0.05) is 10.6 Å². The molecule has 0 saturated heterocycles. The maximum atomic E-state index is 11.3. The van der Waals surface area contributed by atoms with Crippen molar-refractivity contribution < 1.29 is 8.42 Å². The molecule has 0 atom stereocenters. The maximum Gasteiger partial charge on any atom is 0.231 e. The Bertz CT molecular complexity index is 692. The van der Waals surface area contributed by atoms with Gasteiger partial charge in [-0.1, -0.05) is 54.1 Å². The van der Waals surface area contributed by atoms with E-state index in [9.17, 15) is 8.42 Å². The lowest BCUT2D eigenvalue weighted by atomic mass is 10.00. The van der Waals surface area contributed by atoms with E-state index in [-0.39, 0.29) is 0 Å². The molecule has 0 bridgehead atoms. The van der Waals surface area contributed by atoms with E-state index in [1.165, 1.54) is 0 Å². The van der Waals surface area contributed by atoms with Crippen LogP contribution in [-0.2, 0) is 10.0 Å². The summed E-state index contributed by atoms with van der Waals surface area (Å²) in [5.41, 5.74) is 2.06. The first-order valence-corrected chi connectivity index (χ1v) is 7.50. The van der Waals surface area contributed by atoms with Crippen LogP contribution in [0, 0.1) is 0 Å². The van der Waals surface area contributed by atoms with Crippen LogP contribution < -0.4 is 5.14 Å². The zero-order chi connectivity index (χ0) is 13.9. The number of benzene rings is 2. The molecule has 0 aliphatic heterocycles. The molecule has 0 unspecified atom stereocenters. The Kier molecular flexibility index (Phi) is 4.04. The Morgan fingerprint density at radius 2 is 1.47 bits per heavy atom. The SMILES string of the molecule is NS(=O)(=O)/C=C(\c1ccccc1)c1ccc(Cl)cc1. The normalized spacial score (nSPS) is 12.4. The van der Waals surface area contributed by atoms with Gasteiger partial charge >= 0.3 is 0 Å². The van der Waals surface area contributed by atoms with Crippen LogP contribution in [0.3, 0.4) is 0 Å². The molecule has 0 spiro atoms. The number of halogens is 1. The number of sulfonamides is 1. The summed E-state index contributed by atoms with van der Waals surface area (Å²) in [5, 5.41) is 6.76. The minimum absolute atomic E-state index is 0.541. The first-order chi connectivity index (χ1) is 8.96. The monoisotopic (exact) mass is 293 g/mol. The average molecular weight is 294 g/mol. The molecule has 2 aromatic carbocycles. The van der Waals surface area contributed by atoms with E-state index < -0.39 is 10.0 Å². The highest BCUT2D eigenvalue weighted by Crippen LogP contribution is 2.25. The van der Waals surface area contributed by atoms with Gasteiger partial charge in [0.15, 0.2) is 0 Å². The highest BCUT2D eigenvalue weighted by molar-refractivity contribution is 7.92. The third kappa shape index (κ3) is 3.92. The highest BCUT2D eigenvalue weighted by atomic mass is 35.5. The second-order valence-electron chi connectivity index (χ2n) is 3.99. The van der Waals surface area contributed by atoms with Crippen LogP contribution in [0.5, 0.6) is 0 Å². The number of hydrogen-bond donors (Lipinski definition) is 1. The Morgan fingerprint density at radius 3 is 2.00 bits per heavy atom. The topological polar surface area (TPSA) is 60.2 Å². The van der Waals surface area contributed by atoms with Crippen molar-refractivity contribution in [2.24, 2.45) is 5.14 Å². The lowest BCUT2D eigenvalue weighted by Gasteiger charge is -2.08. The van der Waals surface area contributed by atoms with E-state index in [0.29, 0.717) is 10.6 Å². The van der Waals surface area contributed by atoms with Gasteiger partial charge in [-0.25, -0.2) is 13.6 Å². The van der Waals surface area contributed by atoms with Crippen LogP contribution in [0.25, 0.3) is 5.57 Å². The molecule has 5 heteroatoms. The largest absolute Gasteiger partial charge is 0.231 e. The predicted octanol–water partition coefficient (Wildman–Crippen LogP) is 3.02. The molecule has 2 aromatic rings. The standard InChI is InChI=1S/C14H12ClNO2S/c15-13-8-6-12(7-9-13)14(10-19(16,17)18)11-4-2-1-3-5-11/h1-10H,(H2,16,17,18)/b14-10+. The number of hydrogen-bond acceptors (Lipinski definition) is 2. The van der Waals surface area contributed by atoms with Crippen molar-refractivity contribution in [2.75, 3.05) is 0 Å². The summed E-state index contributed by atoms with van der Waals surface area (Å²) in [6.07, 6.45) is 0. The average Bonchev–Trinajstić information content (AvgIpc) is 2.37. The van der Waals surface area contributed by atoms with Crippen LogP contribution in [-0.4, -0.2) is 8.42 Å². The summed E-state index contributed by atoms with van der Waals surface area (Å²) in [7, 11) is -3.72. The van der Waals surface area contributed by atoms with E-state index in [1.54, 1.807) is 24.3 Å². The van der Waals surface area contributed by atoms with Gasteiger partial charge in [0.2, 0.25) is 10.0 Å². The van der Waals surface area contributed by atoms with Crippen LogP contribution in [0.1, 0.15) is 11.1 Å². The second kappa shape index (κ2) is 5.57. The van der Waals surface area contributed by atoms with Gasteiger partial charge in [0.05, 0.1) is 5.41 Å². The summed E-state index contributed by atoms with van der Waals surface area (Å²) in [4.78, 5) is 0. The van der Waals surface area contributed by atoms with E-state index in [4.69, 9.17) is 16.7 Å². The van der Waals surface area contributed by atoms with E-state index in [2.05, 4.69) is 0 Å². The highest BCUT2D eigenvalue weighted by Gasteiger charge is 2.08. The Morgan fingerprint density at radius 1 is 0.947 bits per heavy atom. The van der Waals surface area contributed by atoms with Crippen molar-refractivity contribution in [3.05, 3.63) is 76.2 Å². The Balaban J connectivity index is 2.59. The molecule has 98 valence electrons. The first-order valence-electron chi connectivity index (χ1n) is 5.51. The summed E-state index contributed by atoms with van der Waals surface area (Å²) >= 11 is 5.83. The van der Waals surface area contributed by atoms with Crippen LogP contribution in [0.15, 0.2) is 60.0 Å². The van der Waals surface area contributed by atoms with Crippen LogP contribution in [0.2, 0.25) is 5.02 Å². The smallest absolute Gasteiger partial charge is 0.225 e. The van der Waals surface area contributed by atoms with Crippen LogP contribution in [0.4, 0.5) is 0 Å². The van der Waals surface area contributed by atoms with Gasteiger partial charge < -0.3 is 0 Å². The van der Waals surface area contributed by atoms with E-state index >= 15 is 0 Å². The molecular formula is C14H12ClNO2S. The van der Waals surface area contributed by atoms with Crippen molar-refractivity contribution in [2.45, 2.75) is 0 Å². The molecule has 0 aliphatic carbocycles. The molecule has 3 nitrogen and oxygen atoms in total. The maximum absolute atomic E-state index is 11.3. The summed E-state index contributed by atoms with van der Waals surface area (Å²) < 4.78 is 22.7. The van der Waals surface area contributed by atoms with Crippen molar-refractivity contribution in [1.29, 1.82) is 0 Å². The molecule has 0 aliphatic rings. The second-order valence-corrected chi connectivity index (χ2v) is 5.84. The van der Waals surface area contributed by atoms with Gasteiger partial charge in [0.25, 0.3) is 0 Å². The van der Waals surface area contributed by atoms with Crippen molar-refractivity contribution in [3.63, 3.8) is 0 Å². The van der Waals surface area contributed by atoms with Crippen molar-refractivity contribution in [3.8, 4) is 0 Å². The van der Waals surface area contributed by atoms with Crippen LogP contribution >= 0.6 is 11.6 Å². The number of rotatable bonds is 3. The molecule has 0 heterocycles. The zero-order valence-electron chi connectivity index (χ0n) is 9.95. The minimum Gasteiger partial charge on any atom is -0.225 e. The first kappa shape index (κ1) is 13.8. The fraction of sp³-hybridized carbons (Fsp3) is 0. The molecule has 0 aromatic heterocycles. The molecule has 2 N–H and O–H groups in total. The number of nitrogens with two attached hydrogens (primary N) is 1. The third-order valence-electron chi connectivity index (χ3n) is 2.52. The third-order valence-corrected chi connectivity index (χ3v) is 3.34. The molecule has 0 amide bonds. The van der Waals surface area contributed by atoms with Gasteiger partial charge in [-0.2, -0.15) is 0 Å². The van der Waals surface area contributed by atoms with Gasteiger partial charge in [-0.05, 0) is 23.3 Å². The molecule has 0 fully saturated rings. The minimum atomic E-state index is -3.72. The molecule has 2 rings (SSSR count). The van der Waals surface area contributed by atoms with E-state index in [0.717, 1.165) is 16.5 Å². The van der Waals surface area contributed by atoms with Crippen molar-refractivity contribution in [1.82, 2.24) is 0 Å². The molecule has 19 heavy (non-hydrogen) atoms. The lowest BCUT2D eigenvalue weighted by Crippen LogP contribution is -2.08. The van der Waals surface area contributed by atoms with Gasteiger partial charge in [-0.3, -0.25) is 0 Å². The summed E-state index contributed by atoms with van der Waals surface area (Å²) in [5.74, 6) is 0. The molecular weight excluding hydrogens is 282 g/mol. The fourth-order valence-electron chi connectivity index (χ4n) is 1.71. The molecule has 0 radical (unpaired) electrons. The summed E-state index contributed by atoms with van der Waals surface area (Å²) in [6, 6.07) is 16.1. The Hall–Kier alpha value is -1.62. The number of primary sulfonamides is 1. The van der Waals surface area contributed by atoms with Crippen molar-refractivity contribution >= 4 is 27.2 Å².